The van der Waals surface area contributed by atoms with Crippen LogP contribution in [0.1, 0.15) is 12.1 Å². The van der Waals surface area contributed by atoms with Crippen LogP contribution in [0.15, 0.2) is 29.1 Å². The van der Waals surface area contributed by atoms with Crippen LogP contribution in [0.25, 0.3) is 10.9 Å². The van der Waals surface area contributed by atoms with Crippen LogP contribution in [0.4, 0.5) is 4.39 Å². The van der Waals surface area contributed by atoms with Crippen molar-refractivity contribution < 1.29 is 13.9 Å². The average Bonchev–Trinajstić information content (AvgIpc) is 2.54. The molecule has 1 aliphatic heterocycles. The van der Waals surface area contributed by atoms with Gasteiger partial charge >= 0.3 is 0 Å². The first-order valence-electron chi connectivity index (χ1n) is 7.80. The minimum absolute atomic E-state index is 0.155. The normalized spacial score (nSPS) is 19.3. The van der Waals surface area contributed by atoms with E-state index in [1.807, 2.05) is 0 Å². The number of hydrogen-bond acceptors (Lipinski definition) is 4. The molecule has 2 aromatic rings. The number of benzene rings is 1. The highest BCUT2D eigenvalue weighted by molar-refractivity contribution is 5.78. The Morgan fingerprint density at radius 3 is 3.13 bits per heavy atom. The fourth-order valence-electron chi connectivity index (χ4n) is 2.95. The maximum atomic E-state index is 13.2. The highest BCUT2D eigenvalue weighted by atomic mass is 19.1. The van der Waals surface area contributed by atoms with Gasteiger partial charge in [-0.15, -0.1) is 0 Å². The van der Waals surface area contributed by atoms with Crippen LogP contribution < -0.4 is 5.43 Å². The Bertz CT molecular complexity index is 731. The topological polar surface area (TPSA) is 54.6 Å². The van der Waals surface area contributed by atoms with Crippen molar-refractivity contribution in [3.8, 4) is 0 Å². The quantitative estimate of drug-likeness (QED) is 0.914. The second-order valence-electron chi connectivity index (χ2n) is 5.86. The van der Waals surface area contributed by atoms with Crippen LogP contribution in [0.5, 0.6) is 0 Å². The molecule has 0 aliphatic carbocycles. The molecule has 2 heterocycles. The number of aromatic amines is 1. The second kappa shape index (κ2) is 7.21. The van der Waals surface area contributed by atoms with Gasteiger partial charge in [0, 0.05) is 56.0 Å². The number of nitrogens with zero attached hydrogens (tertiary/aromatic N) is 1. The van der Waals surface area contributed by atoms with E-state index in [0.717, 1.165) is 25.2 Å². The number of fused-ring (bicyclic) bond motifs is 1. The number of rotatable bonds is 5. The predicted molar refractivity (Wildman–Crippen MR) is 86.0 cm³/mol. The molecule has 3 rings (SSSR count). The summed E-state index contributed by atoms with van der Waals surface area (Å²) in [5, 5.41) is 0.383. The van der Waals surface area contributed by atoms with E-state index in [0.29, 0.717) is 30.7 Å². The molecule has 124 valence electrons. The third-order valence-electron chi connectivity index (χ3n) is 4.11. The average molecular weight is 320 g/mol. The van der Waals surface area contributed by atoms with Crippen LogP contribution in [-0.2, 0) is 16.0 Å². The Balaban J connectivity index is 1.73. The van der Waals surface area contributed by atoms with Crippen LogP contribution in [0.3, 0.4) is 0 Å². The largest absolute Gasteiger partial charge is 0.385 e. The summed E-state index contributed by atoms with van der Waals surface area (Å²) in [5.74, 6) is -0.398. The van der Waals surface area contributed by atoms with Crippen molar-refractivity contribution in [3.63, 3.8) is 0 Å². The standard InChI is InChI=1S/C17H21FN2O3/c1-22-6-4-14-11-20(5-7-23-14)10-13-9-17(21)15-8-12(18)2-3-16(15)19-13/h2-3,8-9,14H,4-7,10-11H2,1H3,(H,19,21). The van der Waals surface area contributed by atoms with Gasteiger partial charge in [-0.2, -0.15) is 0 Å². The lowest BCUT2D eigenvalue weighted by atomic mass is 10.1. The zero-order valence-corrected chi connectivity index (χ0v) is 13.2. The molecular weight excluding hydrogens is 299 g/mol. The number of morpholine rings is 1. The summed E-state index contributed by atoms with van der Waals surface area (Å²) in [5.41, 5.74) is 1.34. The molecule has 0 saturated carbocycles. The second-order valence-corrected chi connectivity index (χ2v) is 5.86. The smallest absolute Gasteiger partial charge is 0.189 e. The Morgan fingerprint density at radius 1 is 1.43 bits per heavy atom. The zero-order chi connectivity index (χ0) is 16.2. The first-order valence-corrected chi connectivity index (χ1v) is 7.80. The molecule has 23 heavy (non-hydrogen) atoms. The van der Waals surface area contributed by atoms with Crippen molar-refractivity contribution in [2.75, 3.05) is 33.4 Å². The van der Waals surface area contributed by atoms with Gasteiger partial charge in [0.15, 0.2) is 5.43 Å². The van der Waals surface area contributed by atoms with E-state index in [2.05, 4.69) is 9.88 Å². The fraction of sp³-hybridized carbons (Fsp3) is 0.471. The Morgan fingerprint density at radius 2 is 2.30 bits per heavy atom. The first kappa shape index (κ1) is 16.1. The number of pyridine rings is 1. The van der Waals surface area contributed by atoms with Gasteiger partial charge in [0.1, 0.15) is 5.82 Å². The van der Waals surface area contributed by atoms with E-state index in [9.17, 15) is 9.18 Å². The summed E-state index contributed by atoms with van der Waals surface area (Å²) in [4.78, 5) is 17.6. The molecular formula is C17H21FN2O3. The van der Waals surface area contributed by atoms with Crippen molar-refractivity contribution in [2.24, 2.45) is 0 Å². The van der Waals surface area contributed by atoms with E-state index >= 15 is 0 Å². The predicted octanol–water partition coefficient (Wildman–Crippen LogP) is 1.90. The maximum Gasteiger partial charge on any atom is 0.189 e. The molecule has 0 radical (unpaired) electrons. The van der Waals surface area contributed by atoms with Gasteiger partial charge in [-0.1, -0.05) is 0 Å². The van der Waals surface area contributed by atoms with Crippen molar-refractivity contribution in [1.82, 2.24) is 9.88 Å². The molecule has 1 atom stereocenters. The number of halogens is 1. The van der Waals surface area contributed by atoms with Gasteiger partial charge in [-0.05, 0) is 24.6 Å². The van der Waals surface area contributed by atoms with Gasteiger partial charge in [-0.25, -0.2) is 4.39 Å². The number of H-pyrrole nitrogens is 1. The molecule has 0 bridgehead atoms. The van der Waals surface area contributed by atoms with Gasteiger partial charge in [0.2, 0.25) is 0 Å². The summed E-state index contributed by atoms with van der Waals surface area (Å²) < 4.78 is 24.1. The highest BCUT2D eigenvalue weighted by Crippen LogP contribution is 2.14. The molecule has 1 N–H and O–H groups in total. The van der Waals surface area contributed by atoms with Crippen LogP contribution in [0.2, 0.25) is 0 Å². The molecule has 0 amide bonds. The van der Waals surface area contributed by atoms with Crippen molar-refractivity contribution in [3.05, 3.63) is 46.0 Å². The number of nitrogens with one attached hydrogen (secondary N) is 1. The molecule has 1 fully saturated rings. The lowest BCUT2D eigenvalue weighted by Crippen LogP contribution is -2.42. The van der Waals surface area contributed by atoms with E-state index in [-0.39, 0.29) is 11.5 Å². The third-order valence-corrected chi connectivity index (χ3v) is 4.11. The van der Waals surface area contributed by atoms with Crippen LogP contribution in [-0.4, -0.2) is 49.4 Å². The molecule has 1 aromatic heterocycles. The number of aromatic nitrogens is 1. The lowest BCUT2D eigenvalue weighted by molar-refractivity contribution is -0.0435. The molecule has 6 heteroatoms. The van der Waals surface area contributed by atoms with E-state index < -0.39 is 5.82 Å². The summed E-state index contributed by atoms with van der Waals surface area (Å²) in [6, 6.07) is 5.79. The first-order chi connectivity index (χ1) is 11.2. The maximum absolute atomic E-state index is 13.2. The summed E-state index contributed by atoms with van der Waals surface area (Å²) in [6.07, 6.45) is 1.02. The summed E-state index contributed by atoms with van der Waals surface area (Å²) in [7, 11) is 1.68. The van der Waals surface area contributed by atoms with Crippen molar-refractivity contribution in [2.45, 2.75) is 19.1 Å². The van der Waals surface area contributed by atoms with E-state index in [1.165, 1.54) is 12.1 Å². The van der Waals surface area contributed by atoms with Crippen molar-refractivity contribution in [1.29, 1.82) is 0 Å². The molecule has 1 aliphatic rings. The third kappa shape index (κ3) is 3.96. The molecule has 1 unspecified atom stereocenters. The van der Waals surface area contributed by atoms with Gasteiger partial charge in [-0.3, -0.25) is 9.69 Å². The lowest BCUT2D eigenvalue weighted by Gasteiger charge is -2.32. The monoisotopic (exact) mass is 320 g/mol. The van der Waals surface area contributed by atoms with Gasteiger partial charge < -0.3 is 14.5 Å². The highest BCUT2D eigenvalue weighted by Gasteiger charge is 2.20. The summed E-state index contributed by atoms with van der Waals surface area (Å²) in [6.45, 7) is 3.64. The van der Waals surface area contributed by atoms with Gasteiger partial charge in [0.05, 0.1) is 12.7 Å². The van der Waals surface area contributed by atoms with Gasteiger partial charge in [0.25, 0.3) is 0 Å². The van der Waals surface area contributed by atoms with E-state index in [4.69, 9.17) is 9.47 Å². The van der Waals surface area contributed by atoms with Crippen LogP contribution >= 0.6 is 0 Å². The number of methoxy groups -OCH3 is 1. The number of ether oxygens (including phenoxy) is 2. The Hall–Kier alpha value is -1.76. The summed E-state index contributed by atoms with van der Waals surface area (Å²) >= 11 is 0. The van der Waals surface area contributed by atoms with Crippen LogP contribution in [0, 0.1) is 5.82 Å². The fourth-order valence-corrected chi connectivity index (χ4v) is 2.95. The zero-order valence-electron chi connectivity index (χ0n) is 13.2. The van der Waals surface area contributed by atoms with E-state index in [1.54, 1.807) is 19.2 Å². The molecule has 1 aromatic carbocycles. The minimum atomic E-state index is -0.398. The van der Waals surface area contributed by atoms with Crippen molar-refractivity contribution >= 4 is 10.9 Å². The molecule has 0 spiro atoms. The molecule has 5 nitrogen and oxygen atoms in total. The molecule has 1 saturated heterocycles. The SMILES string of the molecule is COCCC1CN(Cc2cc(=O)c3cc(F)ccc3[nH]2)CCO1. The Labute approximate surface area is 134 Å². The number of hydrogen-bond donors (Lipinski definition) is 1. The Kier molecular flexibility index (Phi) is 5.05. The minimum Gasteiger partial charge on any atom is -0.385 e.